The average Bonchev–Trinajstić information content (AvgIpc) is 2.95. The minimum absolute atomic E-state index is 0.192. The van der Waals surface area contributed by atoms with Crippen LogP contribution in [0.25, 0.3) is 0 Å². The highest BCUT2D eigenvalue weighted by Gasteiger charge is 2.36. The first-order valence-electron chi connectivity index (χ1n) is 7.76. The number of nitrogens with zero attached hydrogens (tertiary/aromatic N) is 3. The normalized spacial score (nSPS) is 20.2. The third-order valence-electron chi connectivity index (χ3n) is 4.07. The van der Waals surface area contributed by atoms with Crippen LogP contribution in [0.1, 0.15) is 34.2 Å². The standard InChI is InChI=1S/C17H19FN4O2/c1-10-6-14(21-17(19-2)20-10)16(24)22-9-13(23)8-15(22)11-4-3-5-12(18)7-11/h3-7,13,15,23H,8-9H2,1-2H3,(H,19,20,21)/t13-,15+/m1/s1. The smallest absolute Gasteiger partial charge is 0.273 e. The van der Waals surface area contributed by atoms with Crippen LogP contribution in [0.2, 0.25) is 0 Å². The summed E-state index contributed by atoms with van der Waals surface area (Å²) in [5, 5.41) is 12.8. The van der Waals surface area contributed by atoms with Gasteiger partial charge in [0.15, 0.2) is 0 Å². The minimum Gasteiger partial charge on any atom is -0.391 e. The number of β-amino-alcohol motifs (C(OH)–C–C–N with tert-alkyl or cyclic N) is 1. The maximum atomic E-state index is 13.5. The van der Waals surface area contributed by atoms with E-state index in [1.165, 1.54) is 12.1 Å². The van der Waals surface area contributed by atoms with Gasteiger partial charge in [0, 0.05) is 19.3 Å². The van der Waals surface area contributed by atoms with E-state index in [1.807, 2.05) is 0 Å². The monoisotopic (exact) mass is 330 g/mol. The van der Waals surface area contributed by atoms with Crippen LogP contribution in [0.3, 0.4) is 0 Å². The second-order valence-corrected chi connectivity index (χ2v) is 5.89. The van der Waals surface area contributed by atoms with Gasteiger partial charge in [-0.05, 0) is 37.1 Å². The Morgan fingerprint density at radius 3 is 2.88 bits per heavy atom. The molecule has 0 aliphatic carbocycles. The predicted molar refractivity (Wildman–Crippen MR) is 87.1 cm³/mol. The van der Waals surface area contributed by atoms with Crippen LogP contribution >= 0.6 is 0 Å². The quantitative estimate of drug-likeness (QED) is 0.899. The number of carbonyl (C=O) groups excluding carboxylic acids is 1. The molecular formula is C17H19FN4O2. The van der Waals surface area contributed by atoms with Crippen molar-refractivity contribution in [2.45, 2.75) is 25.5 Å². The van der Waals surface area contributed by atoms with Gasteiger partial charge in [-0.25, -0.2) is 14.4 Å². The molecule has 1 amide bonds. The van der Waals surface area contributed by atoms with Crippen molar-refractivity contribution in [1.29, 1.82) is 0 Å². The first-order valence-corrected chi connectivity index (χ1v) is 7.76. The van der Waals surface area contributed by atoms with Gasteiger partial charge in [0.2, 0.25) is 5.95 Å². The topological polar surface area (TPSA) is 78.4 Å². The number of nitrogens with one attached hydrogen (secondary N) is 1. The predicted octanol–water partition coefficient (Wildman–Crippen LogP) is 1.91. The van der Waals surface area contributed by atoms with Gasteiger partial charge in [-0.15, -0.1) is 0 Å². The molecule has 2 aromatic rings. The number of aliphatic hydroxyl groups excluding tert-OH is 1. The molecule has 0 radical (unpaired) electrons. The van der Waals surface area contributed by atoms with Crippen LogP contribution in [0.15, 0.2) is 30.3 Å². The van der Waals surface area contributed by atoms with Crippen molar-refractivity contribution in [2.24, 2.45) is 0 Å². The van der Waals surface area contributed by atoms with Gasteiger partial charge in [0.05, 0.1) is 12.1 Å². The molecule has 0 spiro atoms. The number of aromatic nitrogens is 2. The summed E-state index contributed by atoms with van der Waals surface area (Å²) in [6, 6.07) is 7.34. The van der Waals surface area contributed by atoms with Crippen molar-refractivity contribution >= 4 is 11.9 Å². The summed E-state index contributed by atoms with van der Waals surface area (Å²) in [5.41, 5.74) is 1.58. The summed E-state index contributed by atoms with van der Waals surface area (Å²) in [4.78, 5) is 22.8. The Bertz CT molecular complexity index is 768. The maximum Gasteiger partial charge on any atom is 0.273 e. The third kappa shape index (κ3) is 3.21. The molecule has 24 heavy (non-hydrogen) atoms. The number of rotatable bonds is 3. The lowest BCUT2D eigenvalue weighted by molar-refractivity contribution is 0.0709. The Morgan fingerprint density at radius 2 is 2.17 bits per heavy atom. The fourth-order valence-corrected chi connectivity index (χ4v) is 3.01. The Morgan fingerprint density at radius 1 is 1.38 bits per heavy atom. The molecule has 0 bridgehead atoms. The van der Waals surface area contributed by atoms with Gasteiger partial charge in [-0.3, -0.25) is 4.79 Å². The van der Waals surface area contributed by atoms with E-state index in [4.69, 9.17) is 0 Å². The second-order valence-electron chi connectivity index (χ2n) is 5.89. The van der Waals surface area contributed by atoms with Crippen LogP contribution in [0.4, 0.5) is 10.3 Å². The van der Waals surface area contributed by atoms with E-state index in [2.05, 4.69) is 15.3 Å². The Kier molecular flexibility index (Phi) is 4.44. The van der Waals surface area contributed by atoms with Crippen molar-refractivity contribution in [3.63, 3.8) is 0 Å². The number of halogens is 1. The highest BCUT2D eigenvalue weighted by atomic mass is 19.1. The number of hydrogen-bond acceptors (Lipinski definition) is 5. The zero-order valence-electron chi connectivity index (χ0n) is 13.5. The highest BCUT2D eigenvalue weighted by Crippen LogP contribution is 2.33. The SMILES string of the molecule is CNc1nc(C)cc(C(=O)N2C[C@H](O)C[C@H]2c2cccc(F)c2)n1. The van der Waals surface area contributed by atoms with Crippen molar-refractivity contribution in [3.05, 3.63) is 53.1 Å². The molecule has 0 unspecified atom stereocenters. The number of carbonyl (C=O) groups is 1. The summed E-state index contributed by atoms with van der Waals surface area (Å²) < 4.78 is 13.5. The van der Waals surface area contributed by atoms with E-state index in [1.54, 1.807) is 37.1 Å². The van der Waals surface area contributed by atoms with Crippen molar-refractivity contribution < 1.29 is 14.3 Å². The molecule has 2 atom stereocenters. The van der Waals surface area contributed by atoms with Gasteiger partial charge >= 0.3 is 0 Å². The molecule has 6 nitrogen and oxygen atoms in total. The molecule has 2 N–H and O–H groups in total. The highest BCUT2D eigenvalue weighted by molar-refractivity contribution is 5.93. The van der Waals surface area contributed by atoms with Crippen LogP contribution < -0.4 is 5.32 Å². The third-order valence-corrected chi connectivity index (χ3v) is 4.07. The molecule has 1 aliphatic rings. The summed E-state index contributed by atoms with van der Waals surface area (Å²) in [6.45, 7) is 1.97. The van der Waals surface area contributed by atoms with Crippen LogP contribution in [-0.2, 0) is 0 Å². The van der Waals surface area contributed by atoms with Crippen LogP contribution in [0.5, 0.6) is 0 Å². The van der Waals surface area contributed by atoms with Gasteiger partial charge < -0.3 is 15.3 Å². The van der Waals surface area contributed by atoms with Crippen molar-refractivity contribution in [1.82, 2.24) is 14.9 Å². The summed E-state index contributed by atoms with van der Waals surface area (Å²) in [6.07, 6.45) is -0.271. The van der Waals surface area contributed by atoms with Crippen LogP contribution in [0, 0.1) is 12.7 Å². The van der Waals surface area contributed by atoms with E-state index < -0.39 is 6.10 Å². The Balaban J connectivity index is 1.94. The van der Waals surface area contributed by atoms with Gasteiger partial charge in [-0.2, -0.15) is 0 Å². The lowest BCUT2D eigenvalue weighted by Crippen LogP contribution is -2.32. The molecule has 2 heterocycles. The Hall–Kier alpha value is -2.54. The molecule has 3 rings (SSSR count). The van der Waals surface area contributed by atoms with Gasteiger partial charge in [-0.1, -0.05) is 12.1 Å². The van der Waals surface area contributed by atoms with Crippen molar-refractivity contribution in [2.75, 3.05) is 18.9 Å². The fraction of sp³-hybridized carbons (Fsp3) is 0.353. The summed E-state index contributed by atoms with van der Waals surface area (Å²) in [7, 11) is 1.68. The zero-order valence-corrected chi connectivity index (χ0v) is 13.5. The lowest BCUT2D eigenvalue weighted by atomic mass is 10.0. The van der Waals surface area contributed by atoms with E-state index in [9.17, 15) is 14.3 Å². The molecule has 7 heteroatoms. The van der Waals surface area contributed by atoms with Crippen LogP contribution in [-0.4, -0.2) is 45.6 Å². The molecule has 1 aromatic heterocycles. The molecule has 1 aliphatic heterocycles. The summed E-state index contributed by atoms with van der Waals surface area (Å²) >= 11 is 0. The van der Waals surface area contributed by atoms with E-state index in [0.717, 1.165) is 0 Å². The number of hydrogen-bond donors (Lipinski definition) is 2. The molecular weight excluding hydrogens is 311 g/mol. The molecule has 126 valence electrons. The minimum atomic E-state index is -0.645. The number of likely N-dealkylation sites (tertiary alicyclic amines) is 1. The first kappa shape index (κ1) is 16.3. The number of amides is 1. The number of aliphatic hydroxyl groups is 1. The fourth-order valence-electron chi connectivity index (χ4n) is 3.01. The molecule has 1 saturated heterocycles. The summed E-state index contributed by atoms with van der Waals surface area (Å²) in [5.74, 6) is -0.306. The van der Waals surface area contributed by atoms with E-state index in [0.29, 0.717) is 23.6 Å². The number of benzene rings is 1. The number of aryl methyl sites for hydroxylation is 1. The maximum absolute atomic E-state index is 13.5. The first-order chi connectivity index (χ1) is 11.5. The van der Waals surface area contributed by atoms with E-state index in [-0.39, 0.29) is 30.0 Å². The number of anilines is 1. The van der Waals surface area contributed by atoms with E-state index >= 15 is 0 Å². The lowest BCUT2D eigenvalue weighted by Gasteiger charge is -2.24. The van der Waals surface area contributed by atoms with Crippen molar-refractivity contribution in [3.8, 4) is 0 Å². The second kappa shape index (κ2) is 6.52. The molecule has 0 saturated carbocycles. The molecule has 1 aromatic carbocycles. The molecule has 1 fully saturated rings. The van der Waals surface area contributed by atoms with Gasteiger partial charge in [0.25, 0.3) is 5.91 Å². The average molecular weight is 330 g/mol. The zero-order chi connectivity index (χ0) is 17.3. The van der Waals surface area contributed by atoms with Gasteiger partial charge in [0.1, 0.15) is 11.5 Å². The largest absolute Gasteiger partial charge is 0.391 e. The Labute approximate surface area is 139 Å².